The van der Waals surface area contributed by atoms with E-state index in [1.54, 1.807) is 12.2 Å². The maximum Gasteiger partial charge on any atom is 0.509 e. The second kappa shape index (κ2) is 8.49. The maximum atomic E-state index is 13.7. The van der Waals surface area contributed by atoms with Gasteiger partial charge in [-0.25, -0.2) is 4.79 Å². The highest BCUT2D eigenvalue weighted by molar-refractivity contribution is 6.02. The Kier molecular flexibility index (Phi) is 6.14. The van der Waals surface area contributed by atoms with E-state index in [-0.39, 0.29) is 48.8 Å². The molecule has 6 atom stereocenters. The lowest BCUT2D eigenvalue weighted by Crippen LogP contribution is -2.62. The molecule has 4 aliphatic carbocycles. The molecule has 0 heterocycles. The molecule has 7 heteroatoms. The number of ketones is 3. The zero-order chi connectivity index (χ0) is 24.0. The first-order valence-electron chi connectivity index (χ1n) is 12.1. The van der Waals surface area contributed by atoms with Gasteiger partial charge in [-0.15, -0.1) is 0 Å². The average Bonchev–Trinajstić information content (AvgIpc) is 3.06. The van der Waals surface area contributed by atoms with Crippen molar-refractivity contribution in [1.82, 2.24) is 0 Å². The smallest absolute Gasteiger partial charge is 0.434 e. The fraction of sp³-hybridized carbons (Fsp3) is 0.692. The van der Waals surface area contributed by atoms with Crippen molar-refractivity contribution in [3.05, 3.63) is 23.8 Å². The predicted molar refractivity (Wildman–Crippen MR) is 119 cm³/mol. The first-order valence-corrected chi connectivity index (χ1v) is 12.1. The number of unbranched alkanes of at least 4 members (excludes halogenated alkanes) is 1. The number of hydrogen-bond acceptors (Lipinski definition) is 7. The van der Waals surface area contributed by atoms with Gasteiger partial charge in [0.1, 0.15) is 12.4 Å². The summed E-state index contributed by atoms with van der Waals surface area (Å²) in [4.78, 5) is 51.3. The van der Waals surface area contributed by atoms with Crippen LogP contribution in [0, 0.1) is 28.6 Å². The summed E-state index contributed by atoms with van der Waals surface area (Å²) in [5, 5.41) is 9.80. The van der Waals surface area contributed by atoms with E-state index in [0.717, 1.165) is 18.4 Å². The van der Waals surface area contributed by atoms with Gasteiger partial charge in [0.25, 0.3) is 0 Å². The Morgan fingerprint density at radius 1 is 1.21 bits per heavy atom. The molecular formula is C26H34O7. The van der Waals surface area contributed by atoms with Crippen molar-refractivity contribution in [3.8, 4) is 0 Å². The van der Waals surface area contributed by atoms with E-state index in [0.29, 0.717) is 19.3 Å². The Labute approximate surface area is 194 Å². The number of carbonyl (C=O) groups is 4. The number of allylic oxidation sites excluding steroid dienone is 4. The summed E-state index contributed by atoms with van der Waals surface area (Å²) in [6.07, 6.45) is 8.13. The zero-order valence-corrected chi connectivity index (χ0v) is 19.7. The van der Waals surface area contributed by atoms with Gasteiger partial charge in [-0.2, -0.15) is 0 Å². The summed E-state index contributed by atoms with van der Waals surface area (Å²) >= 11 is 0. The number of ether oxygens (including phenoxy) is 2. The highest BCUT2D eigenvalue weighted by Crippen LogP contribution is 2.66. The number of aliphatic hydroxyl groups excluding tert-OH is 1. The van der Waals surface area contributed by atoms with Crippen molar-refractivity contribution >= 4 is 23.5 Å². The maximum absolute atomic E-state index is 13.7. The van der Waals surface area contributed by atoms with Crippen molar-refractivity contribution in [2.45, 2.75) is 71.3 Å². The third-order valence-corrected chi connectivity index (χ3v) is 8.95. The monoisotopic (exact) mass is 458 g/mol. The molecule has 0 aromatic carbocycles. The number of carbonyl (C=O) groups excluding carboxylic acids is 4. The topological polar surface area (TPSA) is 107 Å². The molecule has 0 spiro atoms. The van der Waals surface area contributed by atoms with E-state index in [2.05, 4.69) is 0 Å². The van der Waals surface area contributed by atoms with Crippen LogP contribution in [0.15, 0.2) is 23.8 Å². The molecule has 0 bridgehead atoms. The summed E-state index contributed by atoms with van der Waals surface area (Å²) < 4.78 is 10.9. The molecule has 0 amide bonds. The van der Waals surface area contributed by atoms with Crippen LogP contribution in [0.4, 0.5) is 4.79 Å². The Morgan fingerprint density at radius 2 is 1.97 bits per heavy atom. The normalized spacial score (nSPS) is 39.3. The van der Waals surface area contributed by atoms with Crippen LogP contribution in [-0.2, 0) is 23.9 Å². The molecule has 3 fully saturated rings. The molecule has 33 heavy (non-hydrogen) atoms. The van der Waals surface area contributed by atoms with Crippen molar-refractivity contribution in [2.75, 3.05) is 13.2 Å². The van der Waals surface area contributed by atoms with Crippen LogP contribution in [0.2, 0.25) is 0 Å². The summed E-state index contributed by atoms with van der Waals surface area (Å²) in [6, 6.07) is 0. The molecule has 0 aromatic rings. The van der Waals surface area contributed by atoms with Crippen LogP contribution in [0.3, 0.4) is 0 Å². The Morgan fingerprint density at radius 3 is 2.67 bits per heavy atom. The van der Waals surface area contributed by atoms with Crippen LogP contribution in [0.1, 0.15) is 65.7 Å². The second-order valence-electron chi connectivity index (χ2n) is 10.5. The lowest BCUT2D eigenvalue weighted by molar-refractivity contribution is -0.173. The molecule has 1 N–H and O–H groups in total. The van der Waals surface area contributed by atoms with Crippen LogP contribution < -0.4 is 0 Å². The average molecular weight is 459 g/mol. The molecule has 0 saturated heterocycles. The fourth-order valence-corrected chi connectivity index (χ4v) is 7.30. The van der Waals surface area contributed by atoms with Crippen molar-refractivity contribution in [2.24, 2.45) is 28.6 Å². The first-order chi connectivity index (χ1) is 15.6. The summed E-state index contributed by atoms with van der Waals surface area (Å²) in [5.74, 6) is -0.899. The zero-order valence-electron chi connectivity index (χ0n) is 19.7. The molecule has 3 saturated carbocycles. The molecule has 0 aliphatic heterocycles. The van der Waals surface area contributed by atoms with Crippen LogP contribution >= 0.6 is 0 Å². The molecule has 180 valence electrons. The minimum absolute atomic E-state index is 0.00401. The van der Waals surface area contributed by atoms with E-state index >= 15 is 0 Å². The molecule has 4 rings (SSSR count). The molecule has 4 aliphatic rings. The lowest BCUT2D eigenvalue weighted by Gasteiger charge is -2.57. The number of rotatable bonds is 6. The van der Waals surface area contributed by atoms with E-state index in [4.69, 9.17) is 9.47 Å². The Hall–Kier alpha value is -2.28. The Bertz CT molecular complexity index is 933. The van der Waals surface area contributed by atoms with Crippen molar-refractivity contribution in [1.29, 1.82) is 0 Å². The van der Waals surface area contributed by atoms with E-state index < -0.39 is 35.0 Å². The number of fused-ring (bicyclic) bond motifs is 5. The number of aliphatic hydroxyl groups is 1. The minimum atomic E-state index is -1.58. The molecule has 7 nitrogen and oxygen atoms in total. The van der Waals surface area contributed by atoms with E-state index in [1.165, 1.54) is 0 Å². The predicted octanol–water partition coefficient (Wildman–Crippen LogP) is 3.73. The number of hydrogen-bond donors (Lipinski definition) is 1. The lowest BCUT2D eigenvalue weighted by atomic mass is 9.46. The van der Waals surface area contributed by atoms with Gasteiger partial charge < -0.3 is 14.6 Å². The second-order valence-corrected chi connectivity index (χ2v) is 10.5. The quantitative estimate of drug-likeness (QED) is 0.477. The summed E-state index contributed by atoms with van der Waals surface area (Å²) in [5.41, 5.74) is -2.01. The van der Waals surface area contributed by atoms with Gasteiger partial charge in [-0.05, 0) is 56.1 Å². The largest absolute Gasteiger partial charge is 0.509 e. The summed E-state index contributed by atoms with van der Waals surface area (Å²) in [7, 11) is 0. The minimum Gasteiger partial charge on any atom is -0.434 e. The Balaban J connectivity index is 1.68. The van der Waals surface area contributed by atoms with Gasteiger partial charge >= 0.3 is 6.16 Å². The van der Waals surface area contributed by atoms with Crippen molar-refractivity contribution < 1.29 is 33.8 Å². The van der Waals surface area contributed by atoms with Crippen LogP contribution in [0.25, 0.3) is 0 Å². The van der Waals surface area contributed by atoms with Crippen molar-refractivity contribution in [3.63, 3.8) is 0 Å². The van der Waals surface area contributed by atoms with Gasteiger partial charge in [0.05, 0.1) is 6.61 Å². The van der Waals surface area contributed by atoms with Gasteiger partial charge in [0.2, 0.25) is 5.78 Å². The molecule has 0 aromatic heterocycles. The molecule has 0 radical (unpaired) electrons. The summed E-state index contributed by atoms with van der Waals surface area (Å²) in [6.45, 7) is 5.30. The molecular weight excluding hydrogens is 424 g/mol. The SMILES string of the molecule is CCCCOC(=O)O[C@]1(C(=O)CO)CC[C@H]2[C@@H]3CCC4=CC(=O)C=C[C@]4(C)[C@H]3C(=O)C[C@@]21C. The van der Waals surface area contributed by atoms with Crippen LogP contribution in [0.5, 0.6) is 0 Å². The van der Waals surface area contributed by atoms with Gasteiger partial charge in [-0.1, -0.05) is 38.8 Å². The standard InChI is InChI=1S/C26H34O7/c1-4-5-12-32-23(31)33-26(21(30)15-27)11-9-19-18-7-6-16-13-17(28)8-10-24(16,2)22(18)20(29)14-25(19,26)3/h8,10,13,18-19,22,27H,4-7,9,11-12,14-15H2,1-3H3/t18-,19-,22+,24-,25-,26-/m0/s1. The third kappa shape index (κ3) is 3.50. The van der Waals surface area contributed by atoms with E-state index in [9.17, 15) is 24.3 Å². The van der Waals surface area contributed by atoms with Gasteiger partial charge in [-0.3, -0.25) is 14.4 Å². The van der Waals surface area contributed by atoms with E-state index in [1.807, 2.05) is 26.8 Å². The highest BCUT2D eigenvalue weighted by atomic mass is 16.7. The third-order valence-electron chi connectivity index (χ3n) is 8.95. The first kappa shape index (κ1) is 23.9. The molecule has 0 unspecified atom stereocenters. The van der Waals surface area contributed by atoms with Gasteiger partial charge in [0.15, 0.2) is 11.4 Å². The number of Topliss-reactive ketones (excluding diaryl/α,β-unsaturated/α-hetero) is 2. The van der Waals surface area contributed by atoms with Gasteiger partial charge in [0, 0.05) is 23.2 Å². The highest BCUT2D eigenvalue weighted by Gasteiger charge is 2.70. The van der Waals surface area contributed by atoms with Crippen LogP contribution in [-0.4, -0.2) is 47.4 Å². The fourth-order valence-electron chi connectivity index (χ4n) is 7.30.